The molecule has 2 aromatic heterocycles. The second-order valence-corrected chi connectivity index (χ2v) is 20.6. The van der Waals surface area contributed by atoms with E-state index in [2.05, 4.69) is 48.3 Å². The number of aromatic amines is 2. The number of benzene rings is 3. The number of ether oxygens (including phenoxy) is 4. The molecule has 0 radical (unpaired) electrons. The molecule has 2 aliphatic carbocycles. The van der Waals surface area contributed by atoms with Gasteiger partial charge < -0.3 is 39.5 Å². The Hall–Kier alpha value is -6.26. The van der Waals surface area contributed by atoms with Crippen LogP contribution >= 0.6 is 23.5 Å². The quantitative estimate of drug-likeness (QED) is 0.0861. The highest BCUT2D eigenvalue weighted by molar-refractivity contribution is 7.98. The first-order valence-corrected chi connectivity index (χ1v) is 23.2. The number of anilines is 2. The van der Waals surface area contributed by atoms with Gasteiger partial charge >= 0.3 is 0 Å². The average Bonchev–Trinajstić information content (AvgIpc) is 3.92. The summed E-state index contributed by atoms with van der Waals surface area (Å²) in [7, 11) is 0. The van der Waals surface area contributed by atoms with Gasteiger partial charge in [0, 0.05) is 58.7 Å². The molecule has 0 fully saturated rings. The van der Waals surface area contributed by atoms with Gasteiger partial charge in [-0.2, -0.15) is 0 Å². The Kier molecular flexibility index (Phi) is 9.61. The lowest BCUT2D eigenvalue weighted by molar-refractivity contribution is -0.119. The molecule has 5 aromatic rings. The van der Waals surface area contributed by atoms with Crippen LogP contribution in [0.25, 0.3) is 0 Å². The van der Waals surface area contributed by atoms with Crippen LogP contribution in [0.2, 0.25) is 0 Å². The highest BCUT2D eigenvalue weighted by atomic mass is 32.2. The number of rotatable bonds is 8. The first-order chi connectivity index (χ1) is 30.8. The Morgan fingerprint density at radius 3 is 1.39 bits per heavy atom. The summed E-state index contributed by atoms with van der Waals surface area (Å²) in [6, 6.07) is 19.3. The summed E-state index contributed by atoms with van der Waals surface area (Å²) in [5.74, 6) is 3.24. The molecule has 6 heterocycles. The molecule has 64 heavy (non-hydrogen) atoms. The topological polar surface area (TPSA) is 187 Å². The molecule has 6 aliphatic rings. The summed E-state index contributed by atoms with van der Waals surface area (Å²) in [6.07, 6.45) is 2.06. The number of hydrogen-bond acceptors (Lipinski definition) is 14. The van der Waals surface area contributed by atoms with E-state index in [1.807, 2.05) is 60.7 Å². The fraction of sp³-hybridized carbons (Fsp3) is 0.333. The van der Waals surface area contributed by atoms with Crippen LogP contribution in [-0.2, 0) is 21.1 Å². The Labute approximate surface area is 376 Å². The second kappa shape index (κ2) is 15.2. The molecule has 0 saturated heterocycles. The van der Waals surface area contributed by atoms with Crippen molar-refractivity contribution in [2.75, 3.05) is 24.2 Å². The standard InChI is InChI=1S/C48H44N6O8S2/c1-47(2)15-27-37(29(55)17-47)35(25-9-11-31-33(13-25)61-21-59-31)39-41(49-27)51-45(53-43(39)57)63-19-23-5-7-24(8-6-23)20-64-46-52-42-40(44(58)54-46)36(26-10-12-32-34(14-26)62-22-60-32)38-28(50-42)16-48(3,4)18-30(38)56/h5-14,35-36H,15-22H2,1-4H3,(H2,49,51,53,57)(H2,50,52,54,58). The maximum Gasteiger partial charge on any atom is 0.257 e. The third kappa shape index (κ3) is 7.25. The number of nitrogens with one attached hydrogen (secondary N) is 4. The van der Waals surface area contributed by atoms with E-state index in [9.17, 15) is 19.2 Å². The van der Waals surface area contributed by atoms with Crippen LogP contribution in [0.15, 0.2) is 103 Å². The molecule has 16 heteroatoms. The molecule has 0 bridgehead atoms. The lowest BCUT2D eigenvalue weighted by Gasteiger charge is -2.38. The van der Waals surface area contributed by atoms with E-state index >= 15 is 0 Å². The molecule has 0 amide bonds. The number of ketones is 2. The number of hydrogen-bond donors (Lipinski definition) is 4. The summed E-state index contributed by atoms with van der Waals surface area (Å²) < 4.78 is 22.4. The van der Waals surface area contributed by atoms with Crippen molar-refractivity contribution in [3.05, 3.63) is 137 Å². The number of fused-ring (bicyclic) bond motifs is 4. The van der Waals surface area contributed by atoms with Gasteiger partial charge in [0.25, 0.3) is 11.1 Å². The first-order valence-electron chi connectivity index (χ1n) is 21.2. The van der Waals surface area contributed by atoms with Gasteiger partial charge in [-0.25, -0.2) is 9.97 Å². The number of carbonyl (C=O) groups excluding carboxylic acids is 2. The zero-order valence-corrected chi connectivity index (χ0v) is 37.2. The number of carbonyl (C=O) groups is 2. The lowest BCUT2D eigenvalue weighted by atomic mass is 9.69. The van der Waals surface area contributed by atoms with Crippen LogP contribution in [0.4, 0.5) is 11.6 Å². The van der Waals surface area contributed by atoms with Gasteiger partial charge in [-0.15, -0.1) is 0 Å². The van der Waals surface area contributed by atoms with Crippen molar-refractivity contribution in [1.29, 1.82) is 0 Å². The maximum atomic E-state index is 14.0. The number of thioether (sulfide) groups is 2. The molecule has 3 aromatic carbocycles. The van der Waals surface area contributed by atoms with Crippen LogP contribution in [0.3, 0.4) is 0 Å². The van der Waals surface area contributed by atoms with Crippen molar-refractivity contribution in [3.63, 3.8) is 0 Å². The van der Waals surface area contributed by atoms with Gasteiger partial charge in [0.05, 0.1) is 11.1 Å². The van der Waals surface area contributed by atoms with Crippen molar-refractivity contribution in [2.45, 2.75) is 87.0 Å². The van der Waals surface area contributed by atoms with E-state index in [0.29, 0.717) is 104 Å². The van der Waals surface area contributed by atoms with E-state index in [-0.39, 0.29) is 47.1 Å². The maximum absolute atomic E-state index is 14.0. The molecule has 2 atom stereocenters. The molecule has 14 nitrogen and oxygen atoms in total. The Morgan fingerprint density at radius 1 is 0.562 bits per heavy atom. The Balaban J connectivity index is 0.805. The highest BCUT2D eigenvalue weighted by Crippen LogP contribution is 2.51. The molecule has 0 spiro atoms. The Morgan fingerprint density at radius 2 is 0.969 bits per heavy atom. The third-order valence-electron chi connectivity index (χ3n) is 12.6. The summed E-state index contributed by atoms with van der Waals surface area (Å²) in [5, 5.41) is 7.74. The molecule has 11 rings (SSSR count). The van der Waals surface area contributed by atoms with E-state index < -0.39 is 11.8 Å². The smallest absolute Gasteiger partial charge is 0.257 e. The van der Waals surface area contributed by atoms with Crippen molar-refractivity contribution in [2.24, 2.45) is 10.8 Å². The van der Waals surface area contributed by atoms with E-state index in [0.717, 1.165) is 33.6 Å². The largest absolute Gasteiger partial charge is 0.454 e. The van der Waals surface area contributed by atoms with Crippen molar-refractivity contribution in [3.8, 4) is 23.0 Å². The van der Waals surface area contributed by atoms with E-state index in [1.54, 1.807) is 0 Å². The zero-order valence-electron chi connectivity index (χ0n) is 35.6. The van der Waals surface area contributed by atoms with Crippen LogP contribution in [0, 0.1) is 10.8 Å². The van der Waals surface area contributed by atoms with Gasteiger partial charge in [-0.05, 0) is 70.2 Å². The minimum absolute atomic E-state index is 0.0153. The first kappa shape index (κ1) is 40.5. The van der Waals surface area contributed by atoms with Crippen LogP contribution in [0.5, 0.6) is 23.0 Å². The molecule has 0 saturated carbocycles. The SMILES string of the molecule is CC1(C)CC(=O)C2=C(C1)Nc1nc(SCc3ccc(CSc4nc5c(c(=O)[nH]4)C(c4ccc6c(c4)OCO6)C4=C(CC(C)(C)CC4=O)N5)cc3)[nH]c(=O)c1C2c1ccc2c(c1)OCO2. The summed E-state index contributed by atoms with van der Waals surface area (Å²) in [6.45, 7) is 8.55. The summed E-state index contributed by atoms with van der Waals surface area (Å²) in [5.41, 5.74) is 6.11. The van der Waals surface area contributed by atoms with Gasteiger partial charge in [0.2, 0.25) is 13.6 Å². The van der Waals surface area contributed by atoms with E-state index in [1.165, 1.54) is 23.5 Å². The fourth-order valence-corrected chi connectivity index (χ4v) is 11.4. The van der Waals surface area contributed by atoms with Crippen molar-refractivity contribution < 1.29 is 28.5 Å². The number of aromatic nitrogens is 4. The van der Waals surface area contributed by atoms with Gasteiger partial charge in [-0.3, -0.25) is 19.2 Å². The van der Waals surface area contributed by atoms with Gasteiger partial charge in [0.15, 0.2) is 44.9 Å². The van der Waals surface area contributed by atoms with Crippen LogP contribution in [0.1, 0.15) is 98.6 Å². The number of Topliss-reactive ketones (excluding diaryl/α,β-unsaturated/α-hetero) is 2. The Bertz CT molecular complexity index is 2820. The van der Waals surface area contributed by atoms with Crippen LogP contribution in [-0.4, -0.2) is 45.1 Å². The minimum Gasteiger partial charge on any atom is -0.454 e. The monoisotopic (exact) mass is 896 g/mol. The minimum atomic E-state index is -0.603. The number of H-pyrrole nitrogens is 2. The van der Waals surface area contributed by atoms with Gasteiger partial charge in [-0.1, -0.05) is 87.6 Å². The van der Waals surface area contributed by atoms with E-state index in [4.69, 9.17) is 28.9 Å². The zero-order chi connectivity index (χ0) is 44.1. The second-order valence-electron chi connectivity index (χ2n) is 18.7. The van der Waals surface area contributed by atoms with Crippen molar-refractivity contribution in [1.82, 2.24) is 19.9 Å². The average molecular weight is 897 g/mol. The summed E-state index contributed by atoms with van der Waals surface area (Å²) in [4.78, 5) is 71.2. The highest BCUT2D eigenvalue weighted by Gasteiger charge is 2.44. The number of nitrogens with zero attached hydrogens (tertiary/aromatic N) is 2. The normalized spacial score (nSPS) is 20.8. The fourth-order valence-electron chi connectivity index (χ4n) is 9.81. The lowest BCUT2D eigenvalue weighted by Crippen LogP contribution is -2.37. The van der Waals surface area contributed by atoms with Crippen LogP contribution < -0.4 is 40.7 Å². The molecule has 4 N–H and O–H groups in total. The molecule has 4 aliphatic heterocycles. The van der Waals surface area contributed by atoms with Crippen molar-refractivity contribution >= 4 is 46.7 Å². The molecular weight excluding hydrogens is 853 g/mol. The third-order valence-corrected chi connectivity index (χ3v) is 14.5. The molecule has 326 valence electrons. The molecule has 2 unspecified atom stereocenters. The summed E-state index contributed by atoms with van der Waals surface area (Å²) >= 11 is 2.84. The van der Waals surface area contributed by atoms with Gasteiger partial charge in [0.1, 0.15) is 11.6 Å². The molecular formula is C48H44N6O8S2. The number of allylic oxidation sites excluding steroid dienone is 4. The predicted octanol–water partition coefficient (Wildman–Crippen LogP) is 8.30. The predicted molar refractivity (Wildman–Crippen MR) is 241 cm³/mol.